The van der Waals surface area contributed by atoms with Crippen LogP contribution in [-0.2, 0) is 0 Å². The number of carboxylic acid groups (broad SMARTS) is 1. The van der Waals surface area contributed by atoms with Gasteiger partial charge >= 0.3 is 6.09 Å². The number of hydrogen-bond acceptors (Lipinski definition) is 4. The monoisotopic (exact) mass is 345 g/mol. The number of carbonyl (C=O) groups is 2. The Labute approximate surface area is 146 Å². The Kier molecular flexibility index (Phi) is 4.23. The quantitative estimate of drug-likeness (QED) is 0.742. The Morgan fingerprint density at radius 2 is 1.88 bits per heavy atom. The highest BCUT2D eigenvalue weighted by Crippen LogP contribution is 2.44. The van der Waals surface area contributed by atoms with Crippen LogP contribution in [0.1, 0.15) is 60.5 Å². The molecule has 25 heavy (non-hydrogen) atoms. The van der Waals surface area contributed by atoms with E-state index in [9.17, 15) is 14.7 Å². The fraction of sp³-hybridized carbons (Fsp3) is 0.611. The van der Waals surface area contributed by atoms with Crippen molar-refractivity contribution in [2.75, 3.05) is 13.2 Å². The summed E-state index contributed by atoms with van der Waals surface area (Å²) in [5, 5.41) is 10.2. The molecule has 1 aromatic rings. The van der Waals surface area contributed by atoms with Gasteiger partial charge in [-0.1, -0.05) is 6.07 Å². The van der Waals surface area contributed by atoms with Gasteiger partial charge in [-0.2, -0.15) is 0 Å². The zero-order valence-corrected chi connectivity index (χ0v) is 14.1. The molecule has 3 fully saturated rings. The van der Waals surface area contributed by atoms with Crippen molar-refractivity contribution in [2.45, 2.75) is 44.4 Å². The van der Waals surface area contributed by atoms with Crippen molar-refractivity contribution in [1.29, 1.82) is 0 Å². The van der Waals surface area contributed by atoms with Gasteiger partial charge in [0.2, 0.25) is 5.88 Å². The number of carbonyl (C=O) groups excluding carboxylic acids is 1. The second-order valence-electron chi connectivity index (χ2n) is 7.40. The number of amides is 2. The third-order valence-corrected chi connectivity index (χ3v) is 4.90. The van der Waals surface area contributed by atoms with Crippen LogP contribution in [0.2, 0.25) is 0 Å². The molecule has 0 aliphatic heterocycles. The van der Waals surface area contributed by atoms with Crippen molar-refractivity contribution in [3.05, 3.63) is 23.4 Å². The van der Waals surface area contributed by atoms with Gasteiger partial charge < -0.3 is 9.84 Å². The van der Waals surface area contributed by atoms with Crippen LogP contribution < -0.4 is 10.2 Å². The predicted molar refractivity (Wildman–Crippen MR) is 89.4 cm³/mol. The van der Waals surface area contributed by atoms with Gasteiger partial charge in [0.15, 0.2) is 0 Å². The Balaban J connectivity index is 1.46. The van der Waals surface area contributed by atoms with Crippen molar-refractivity contribution >= 4 is 12.0 Å². The lowest BCUT2D eigenvalue weighted by atomic mass is 10.1. The summed E-state index contributed by atoms with van der Waals surface area (Å²) in [4.78, 5) is 28.1. The molecular weight excluding hydrogens is 322 g/mol. The van der Waals surface area contributed by atoms with Crippen molar-refractivity contribution in [3.8, 4) is 5.88 Å². The fourth-order valence-corrected chi connectivity index (χ4v) is 2.79. The molecule has 4 rings (SSSR count). The second kappa shape index (κ2) is 6.54. The van der Waals surface area contributed by atoms with Gasteiger partial charge in [0.05, 0.1) is 6.61 Å². The number of pyridine rings is 1. The molecule has 0 aromatic carbocycles. The van der Waals surface area contributed by atoms with E-state index in [0.29, 0.717) is 36.8 Å². The SMILES string of the molecule is O=C(NN(CC1CC1)C(=O)O)c1ccc(C2CC2)c(OCC2CC2)n1. The Morgan fingerprint density at radius 3 is 2.48 bits per heavy atom. The summed E-state index contributed by atoms with van der Waals surface area (Å²) in [5.74, 6) is 1.45. The van der Waals surface area contributed by atoms with Gasteiger partial charge in [-0.25, -0.2) is 14.8 Å². The summed E-state index contributed by atoms with van der Waals surface area (Å²) < 4.78 is 5.86. The van der Waals surface area contributed by atoms with Gasteiger partial charge in [0, 0.05) is 12.1 Å². The summed E-state index contributed by atoms with van der Waals surface area (Å²) in [6.45, 7) is 0.965. The molecule has 3 saturated carbocycles. The van der Waals surface area contributed by atoms with E-state index in [-0.39, 0.29) is 5.69 Å². The average molecular weight is 345 g/mol. The summed E-state index contributed by atoms with van der Waals surface area (Å²) >= 11 is 0. The van der Waals surface area contributed by atoms with Crippen molar-refractivity contribution in [1.82, 2.24) is 15.4 Å². The minimum absolute atomic E-state index is 0.192. The van der Waals surface area contributed by atoms with E-state index in [1.807, 2.05) is 6.07 Å². The number of nitrogens with zero attached hydrogens (tertiary/aromatic N) is 2. The summed E-state index contributed by atoms with van der Waals surface area (Å²) in [7, 11) is 0. The Bertz CT molecular complexity index is 681. The third-order valence-electron chi connectivity index (χ3n) is 4.90. The highest BCUT2D eigenvalue weighted by atomic mass is 16.5. The zero-order valence-electron chi connectivity index (χ0n) is 14.1. The maximum Gasteiger partial charge on any atom is 0.426 e. The zero-order chi connectivity index (χ0) is 17.4. The average Bonchev–Trinajstić information content (AvgIpc) is 3.46. The summed E-state index contributed by atoms with van der Waals surface area (Å²) in [5.41, 5.74) is 3.70. The summed E-state index contributed by atoms with van der Waals surface area (Å²) in [6.07, 6.45) is 5.49. The predicted octanol–water partition coefficient (Wildman–Crippen LogP) is 2.78. The molecule has 1 aromatic heterocycles. The van der Waals surface area contributed by atoms with Crippen molar-refractivity contribution in [2.24, 2.45) is 11.8 Å². The molecule has 0 saturated heterocycles. The first-order valence-electron chi connectivity index (χ1n) is 9.05. The molecule has 1 heterocycles. The first-order chi connectivity index (χ1) is 12.1. The maximum atomic E-state index is 12.4. The van der Waals surface area contributed by atoms with Crippen molar-refractivity contribution < 1.29 is 19.4 Å². The molecule has 2 N–H and O–H groups in total. The smallest absolute Gasteiger partial charge is 0.426 e. The van der Waals surface area contributed by atoms with Crippen LogP contribution in [0.25, 0.3) is 0 Å². The molecule has 0 atom stereocenters. The molecule has 0 unspecified atom stereocenters. The molecule has 134 valence electrons. The normalized spacial score (nSPS) is 19.4. The van der Waals surface area contributed by atoms with Crippen LogP contribution >= 0.6 is 0 Å². The van der Waals surface area contributed by atoms with E-state index in [0.717, 1.165) is 36.3 Å². The molecule has 0 bridgehead atoms. The van der Waals surface area contributed by atoms with E-state index in [2.05, 4.69) is 10.4 Å². The van der Waals surface area contributed by atoms with E-state index in [1.54, 1.807) is 6.07 Å². The lowest BCUT2D eigenvalue weighted by Crippen LogP contribution is -2.46. The number of rotatable bonds is 7. The molecular formula is C18H23N3O4. The van der Waals surface area contributed by atoms with Crippen LogP contribution in [0.4, 0.5) is 4.79 Å². The van der Waals surface area contributed by atoms with Crippen LogP contribution in [0.5, 0.6) is 5.88 Å². The van der Waals surface area contributed by atoms with Crippen molar-refractivity contribution in [3.63, 3.8) is 0 Å². The molecule has 3 aliphatic carbocycles. The molecule has 3 aliphatic rings. The largest absolute Gasteiger partial charge is 0.477 e. The van der Waals surface area contributed by atoms with Crippen LogP contribution in [0.15, 0.2) is 12.1 Å². The van der Waals surface area contributed by atoms with Crippen LogP contribution in [0, 0.1) is 11.8 Å². The van der Waals surface area contributed by atoms with Crippen LogP contribution in [-0.4, -0.2) is 40.3 Å². The van der Waals surface area contributed by atoms with E-state index >= 15 is 0 Å². The maximum absolute atomic E-state index is 12.4. The highest BCUT2D eigenvalue weighted by molar-refractivity contribution is 5.93. The van der Waals surface area contributed by atoms with E-state index < -0.39 is 12.0 Å². The molecule has 0 spiro atoms. The molecule has 7 heteroatoms. The van der Waals surface area contributed by atoms with Gasteiger partial charge in [0.25, 0.3) is 5.91 Å². The molecule has 2 amide bonds. The number of ether oxygens (including phenoxy) is 1. The van der Waals surface area contributed by atoms with Gasteiger partial charge in [-0.3, -0.25) is 10.2 Å². The summed E-state index contributed by atoms with van der Waals surface area (Å²) in [6, 6.07) is 3.55. The minimum Gasteiger partial charge on any atom is -0.477 e. The van der Waals surface area contributed by atoms with E-state index in [4.69, 9.17) is 4.74 Å². The number of aromatic nitrogens is 1. The Hall–Kier alpha value is -2.31. The molecule has 7 nitrogen and oxygen atoms in total. The van der Waals surface area contributed by atoms with Gasteiger partial charge in [0.1, 0.15) is 5.69 Å². The minimum atomic E-state index is -1.15. The van der Waals surface area contributed by atoms with E-state index in [1.165, 1.54) is 12.8 Å². The molecule has 0 radical (unpaired) electrons. The Morgan fingerprint density at radius 1 is 1.16 bits per heavy atom. The van der Waals surface area contributed by atoms with Gasteiger partial charge in [-0.15, -0.1) is 0 Å². The standard InChI is InChI=1S/C18H23N3O4/c22-16(20-21(18(23)24)9-11-1-2-11)15-8-7-14(13-5-6-13)17(19-15)25-10-12-3-4-12/h7-8,11-13H,1-6,9-10H2,(H,20,22)(H,23,24). The third kappa shape index (κ3) is 4.21. The topological polar surface area (TPSA) is 91.8 Å². The number of hydrogen-bond donors (Lipinski definition) is 2. The number of nitrogens with one attached hydrogen (secondary N) is 1. The second-order valence-corrected chi connectivity index (χ2v) is 7.40. The van der Waals surface area contributed by atoms with Gasteiger partial charge in [-0.05, 0) is 62.3 Å². The fourth-order valence-electron chi connectivity index (χ4n) is 2.79. The van der Waals surface area contributed by atoms with Crippen LogP contribution in [0.3, 0.4) is 0 Å². The lowest BCUT2D eigenvalue weighted by Gasteiger charge is -2.20. The highest BCUT2D eigenvalue weighted by Gasteiger charge is 2.31. The first kappa shape index (κ1) is 16.2. The number of hydrazine groups is 1. The first-order valence-corrected chi connectivity index (χ1v) is 9.05. The lowest BCUT2D eigenvalue weighted by molar-refractivity contribution is 0.0740.